The normalized spacial score (nSPS) is 11.4. The number of hydrogen-bond acceptors (Lipinski definition) is 3. The molecular weight excluding hydrogens is 334 g/mol. The number of nitrogens with zero attached hydrogens (tertiary/aromatic N) is 3. The number of thioether (sulfide) groups is 1. The van der Waals surface area contributed by atoms with Crippen LogP contribution in [0.1, 0.15) is 12.5 Å². The first-order valence-corrected chi connectivity index (χ1v) is 9.09. The Hall–Kier alpha value is -2.73. The summed E-state index contributed by atoms with van der Waals surface area (Å²) in [5, 5.41) is 0.822. The molecule has 0 saturated carbocycles. The van der Waals surface area contributed by atoms with Crippen LogP contribution in [0.2, 0.25) is 0 Å². The highest BCUT2D eigenvalue weighted by molar-refractivity contribution is 7.99. The van der Waals surface area contributed by atoms with Crippen LogP contribution in [0.3, 0.4) is 0 Å². The fourth-order valence-electron chi connectivity index (χ4n) is 2.98. The van der Waals surface area contributed by atoms with Crippen LogP contribution in [0.4, 0.5) is 0 Å². The lowest BCUT2D eigenvalue weighted by molar-refractivity contribution is 0.644. The standard InChI is InChI=1S/C19H17N3O2S/c1-3-25-17-16(14-11-9-13(2)10-12-14)21-18(23)20(19(24)22(17)21)15-7-5-4-6-8-15/h4-12H,3H2,1-2H3. The Balaban J connectivity index is 2.02. The molecule has 25 heavy (non-hydrogen) atoms. The molecule has 0 aliphatic heterocycles. The Bertz CT molecular complexity index is 1140. The molecule has 2 heterocycles. The second-order valence-corrected chi connectivity index (χ2v) is 7.07. The number of rotatable bonds is 4. The van der Waals surface area contributed by atoms with Crippen molar-refractivity contribution in [1.82, 2.24) is 13.6 Å². The molecule has 0 N–H and O–H groups in total. The summed E-state index contributed by atoms with van der Waals surface area (Å²) in [6, 6.07) is 17.0. The van der Waals surface area contributed by atoms with Gasteiger partial charge in [0.15, 0.2) is 0 Å². The molecule has 0 unspecified atom stereocenters. The molecule has 4 aromatic rings. The van der Waals surface area contributed by atoms with Gasteiger partial charge in [0.05, 0.1) is 5.69 Å². The van der Waals surface area contributed by atoms with Gasteiger partial charge in [-0.3, -0.25) is 0 Å². The van der Waals surface area contributed by atoms with E-state index in [1.165, 1.54) is 13.6 Å². The molecule has 0 spiro atoms. The van der Waals surface area contributed by atoms with Crippen molar-refractivity contribution in [1.29, 1.82) is 0 Å². The van der Waals surface area contributed by atoms with Crippen molar-refractivity contribution in [3.8, 4) is 16.9 Å². The smallest absolute Gasteiger partial charge is 0.245 e. The van der Waals surface area contributed by atoms with Gasteiger partial charge in [0.25, 0.3) is 0 Å². The molecule has 0 aliphatic rings. The summed E-state index contributed by atoms with van der Waals surface area (Å²) in [6.07, 6.45) is 0. The third-order valence-electron chi connectivity index (χ3n) is 4.17. The zero-order valence-corrected chi connectivity index (χ0v) is 14.8. The Morgan fingerprint density at radius 3 is 2.16 bits per heavy atom. The van der Waals surface area contributed by atoms with Crippen molar-refractivity contribution in [2.24, 2.45) is 0 Å². The Labute approximate surface area is 148 Å². The molecule has 0 atom stereocenters. The van der Waals surface area contributed by atoms with E-state index in [9.17, 15) is 9.59 Å². The molecule has 0 bridgehead atoms. The van der Waals surface area contributed by atoms with Crippen molar-refractivity contribution in [3.63, 3.8) is 0 Å². The van der Waals surface area contributed by atoms with E-state index in [1.807, 2.05) is 56.3 Å². The van der Waals surface area contributed by atoms with Crippen LogP contribution in [0.15, 0.2) is 69.2 Å². The van der Waals surface area contributed by atoms with Gasteiger partial charge in [-0.1, -0.05) is 55.0 Å². The highest BCUT2D eigenvalue weighted by atomic mass is 32.2. The number of aryl methyl sites for hydroxylation is 1. The lowest BCUT2D eigenvalue weighted by Gasteiger charge is -2.17. The number of hydrogen-bond donors (Lipinski definition) is 0. The van der Waals surface area contributed by atoms with Crippen LogP contribution in [-0.2, 0) is 0 Å². The molecule has 0 radical (unpaired) electrons. The molecule has 126 valence electrons. The van der Waals surface area contributed by atoms with Crippen LogP contribution >= 0.6 is 11.8 Å². The zero-order valence-electron chi connectivity index (χ0n) is 14.0. The average Bonchev–Trinajstić information content (AvgIpc) is 2.82. The third-order valence-corrected chi connectivity index (χ3v) is 5.10. The molecule has 2 aromatic carbocycles. The predicted octanol–water partition coefficient (Wildman–Crippen LogP) is 3.08. The third kappa shape index (κ3) is 2.33. The van der Waals surface area contributed by atoms with E-state index >= 15 is 0 Å². The van der Waals surface area contributed by atoms with Gasteiger partial charge in [0.1, 0.15) is 10.7 Å². The largest absolute Gasteiger partial charge is 0.357 e. The van der Waals surface area contributed by atoms with Gasteiger partial charge in [-0.2, -0.15) is 9.03 Å². The number of aromatic nitrogens is 3. The maximum Gasteiger partial charge on any atom is 0.357 e. The zero-order chi connectivity index (χ0) is 17.6. The van der Waals surface area contributed by atoms with Crippen LogP contribution in [-0.4, -0.2) is 19.4 Å². The molecule has 6 heteroatoms. The summed E-state index contributed by atoms with van der Waals surface area (Å²) in [5.41, 5.74) is 2.80. The van der Waals surface area contributed by atoms with Crippen LogP contribution in [0.5, 0.6) is 0 Å². The van der Waals surface area contributed by atoms with Gasteiger partial charge in [0.2, 0.25) is 0 Å². The fraction of sp³-hybridized carbons (Fsp3) is 0.158. The molecule has 0 fully saturated rings. The Kier molecular flexibility index (Phi) is 3.77. The number of benzene rings is 2. The lowest BCUT2D eigenvalue weighted by Crippen LogP contribution is -2.25. The Morgan fingerprint density at radius 1 is 0.880 bits per heavy atom. The van der Waals surface area contributed by atoms with Gasteiger partial charge in [-0.15, -0.1) is 11.8 Å². The van der Waals surface area contributed by atoms with Crippen LogP contribution in [0, 0.1) is 6.92 Å². The van der Waals surface area contributed by atoms with E-state index in [0.717, 1.165) is 27.6 Å². The molecular formula is C19H17N3O2S. The maximum atomic E-state index is 12.9. The average molecular weight is 351 g/mol. The molecule has 2 aromatic heterocycles. The summed E-state index contributed by atoms with van der Waals surface area (Å²) < 4.78 is 4.16. The van der Waals surface area contributed by atoms with Crippen LogP contribution < -0.4 is 11.4 Å². The molecule has 5 nitrogen and oxygen atoms in total. The summed E-state index contributed by atoms with van der Waals surface area (Å²) in [5.74, 6) is 0.821. The van der Waals surface area contributed by atoms with Crippen LogP contribution in [0.25, 0.3) is 16.9 Å². The quantitative estimate of drug-likeness (QED) is 0.531. The fourth-order valence-corrected chi connectivity index (χ4v) is 3.88. The van der Waals surface area contributed by atoms with E-state index in [-0.39, 0.29) is 11.4 Å². The summed E-state index contributed by atoms with van der Waals surface area (Å²) >= 11 is 1.57. The topological polar surface area (TPSA) is 47.9 Å². The SMILES string of the molecule is CCSc1c(-c2ccc(C)cc2)n2c(=O)n(-c3ccccc3)c(=O)n12. The van der Waals surface area contributed by atoms with E-state index < -0.39 is 0 Å². The Morgan fingerprint density at radius 2 is 1.52 bits per heavy atom. The molecule has 0 amide bonds. The van der Waals surface area contributed by atoms with Crippen molar-refractivity contribution in [3.05, 3.63) is 81.1 Å². The van der Waals surface area contributed by atoms with Gasteiger partial charge in [-0.05, 0) is 24.8 Å². The van der Waals surface area contributed by atoms with E-state index in [2.05, 4.69) is 0 Å². The monoisotopic (exact) mass is 351 g/mol. The van der Waals surface area contributed by atoms with Gasteiger partial charge < -0.3 is 0 Å². The summed E-state index contributed by atoms with van der Waals surface area (Å²) in [6.45, 7) is 4.05. The highest BCUT2D eigenvalue weighted by Crippen LogP contribution is 2.32. The van der Waals surface area contributed by atoms with E-state index in [4.69, 9.17) is 0 Å². The van der Waals surface area contributed by atoms with Crippen molar-refractivity contribution in [2.45, 2.75) is 18.9 Å². The highest BCUT2D eigenvalue weighted by Gasteiger charge is 2.27. The minimum atomic E-state index is -0.341. The van der Waals surface area contributed by atoms with Crippen molar-refractivity contribution in [2.75, 3.05) is 5.75 Å². The molecule has 0 saturated heterocycles. The second kappa shape index (κ2) is 5.97. The second-order valence-electron chi connectivity index (χ2n) is 5.81. The summed E-state index contributed by atoms with van der Waals surface area (Å²) in [4.78, 5) is 25.8. The van der Waals surface area contributed by atoms with Gasteiger partial charge in [0, 0.05) is 5.56 Å². The van der Waals surface area contributed by atoms with Gasteiger partial charge >= 0.3 is 11.4 Å². The van der Waals surface area contributed by atoms with Gasteiger partial charge in [-0.25, -0.2) is 14.2 Å². The first-order valence-electron chi connectivity index (χ1n) is 8.11. The van der Waals surface area contributed by atoms with E-state index in [1.54, 1.807) is 23.9 Å². The minimum absolute atomic E-state index is 0.331. The van der Waals surface area contributed by atoms with E-state index in [0.29, 0.717) is 5.69 Å². The molecule has 4 rings (SSSR count). The first-order chi connectivity index (χ1) is 12.1. The molecule has 0 aliphatic carbocycles. The first kappa shape index (κ1) is 15.8. The van der Waals surface area contributed by atoms with Crippen molar-refractivity contribution < 1.29 is 0 Å². The number of fused-ring (bicyclic) bond motifs is 1. The summed E-state index contributed by atoms with van der Waals surface area (Å²) in [7, 11) is 0. The minimum Gasteiger partial charge on any atom is -0.245 e. The maximum absolute atomic E-state index is 12.9. The lowest BCUT2D eigenvalue weighted by atomic mass is 10.1. The van der Waals surface area contributed by atoms with Crippen molar-refractivity contribution >= 4 is 11.8 Å². The number of para-hydroxylation sites is 1. The predicted molar refractivity (Wildman–Crippen MR) is 100 cm³/mol.